The average Bonchev–Trinajstić information content (AvgIpc) is 2.85. The van der Waals surface area contributed by atoms with Gasteiger partial charge in [0.05, 0.1) is 0 Å². The van der Waals surface area contributed by atoms with Gasteiger partial charge >= 0.3 is 0 Å². The van der Waals surface area contributed by atoms with Crippen molar-refractivity contribution in [2.45, 2.75) is 38.6 Å². The monoisotopic (exact) mass is 246 g/mol. The fourth-order valence-electron chi connectivity index (χ4n) is 2.79. The molecule has 0 spiro atoms. The average molecular weight is 246 g/mol. The highest BCUT2D eigenvalue weighted by molar-refractivity contribution is 5.19. The zero-order valence-electron chi connectivity index (χ0n) is 11.7. The maximum absolute atomic E-state index is 3.63. The summed E-state index contributed by atoms with van der Waals surface area (Å²) >= 11 is 0. The van der Waals surface area contributed by atoms with Crippen molar-refractivity contribution in [1.82, 2.24) is 10.2 Å². The molecule has 0 radical (unpaired) electrons. The minimum Gasteiger partial charge on any atom is -0.313 e. The van der Waals surface area contributed by atoms with E-state index >= 15 is 0 Å². The van der Waals surface area contributed by atoms with Gasteiger partial charge in [-0.25, -0.2) is 0 Å². The fraction of sp³-hybridized carbons (Fsp3) is 0.625. The molecule has 1 N–H and O–H groups in total. The van der Waals surface area contributed by atoms with Gasteiger partial charge in [0.1, 0.15) is 0 Å². The summed E-state index contributed by atoms with van der Waals surface area (Å²) in [7, 11) is 0. The van der Waals surface area contributed by atoms with Gasteiger partial charge in [-0.15, -0.1) is 0 Å². The molecule has 1 aliphatic rings. The number of nitrogens with one attached hydrogen (secondary N) is 1. The molecule has 18 heavy (non-hydrogen) atoms. The summed E-state index contributed by atoms with van der Waals surface area (Å²) in [4.78, 5) is 2.60. The van der Waals surface area contributed by atoms with Crippen LogP contribution in [0.2, 0.25) is 0 Å². The first kappa shape index (κ1) is 13.6. The number of hydrogen-bond acceptors (Lipinski definition) is 2. The van der Waals surface area contributed by atoms with Crippen LogP contribution < -0.4 is 5.32 Å². The zero-order chi connectivity index (χ0) is 12.8. The van der Waals surface area contributed by atoms with Crippen molar-refractivity contribution in [3.63, 3.8) is 0 Å². The van der Waals surface area contributed by atoms with Crippen molar-refractivity contribution in [3.05, 3.63) is 35.9 Å². The molecule has 2 heteroatoms. The minimum absolute atomic E-state index is 0.635. The van der Waals surface area contributed by atoms with E-state index in [0.29, 0.717) is 12.0 Å². The Bertz CT molecular complexity index is 336. The summed E-state index contributed by atoms with van der Waals surface area (Å²) in [5.74, 6) is 0.635. The van der Waals surface area contributed by atoms with Gasteiger partial charge in [0.25, 0.3) is 0 Å². The summed E-state index contributed by atoms with van der Waals surface area (Å²) in [6, 6.07) is 11.6. The molecule has 0 aliphatic carbocycles. The molecule has 2 atom stereocenters. The quantitative estimate of drug-likeness (QED) is 0.830. The van der Waals surface area contributed by atoms with Crippen molar-refractivity contribution in [2.24, 2.45) is 0 Å². The third kappa shape index (κ3) is 3.82. The van der Waals surface area contributed by atoms with Crippen LogP contribution in [0.15, 0.2) is 30.3 Å². The standard InChI is InChI=1S/C16H26N2/c1-3-10-17-16-9-11-18(13-16)12-14(2)15-7-5-4-6-8-15/h4-8,14,16-17H,3,9-13H2,1-2H3. The second-order valence-corrected chi connectivity index (χ2v) is 5.51. The summed E-state index contributed by atoms with van der Waals surface area (Å²) in [5.41, 5.74) is 1.46. The molecule has 1 aromatic carbocycles. The third-order valence-electron chi connectivity index (χ3n) is 3.86. The molecule has 1 saturated heterocycles. The predicted octanol–water partition coefficient (Wildman–Crippen LogP) is 2.86. The Kier molecular flexibility index (Phi) is 5.21. The van der Waals surface area contributed by atoms with Crippen LogP contribution in [-0.2, 0) is 0 Å². The maximum atomic E-state index is 3.63. The second kappa shape index (κ2) is 6.91. The first-order valence-corrected chi connectivity index (χ1v) is 7.30. The van der Waals surface area contributed by atoms with Crippen LogP contribution in [-0.4, -0.2) is 37.1 Å². The first-order valence-electron chi connectivity index (χ1n) is 7.30. The highest BCUT2D eigenvalue weighted by Crippen LogP contribution is 2.19. The van der Waals surface area contributed by atoms with Crippen LogP contribution in [0.25, 0.3) is 0 Å². The maximum Gasteiger partial charge on any atom is 0.0207 e. The largest absolute Gasteiger partial charge is 0.313 e. The van der Waals surface area contributed by atoms with Crippen molar-refractivity contribution in [2.75, 3.05) is 26.2 Å². The van der Waals surface area contributed by atoms with Crippen molar-refractivity contribution in [1.29, 1.82) is 0 Å². The molecule has 0 bridgehead atoms. The highest BCUT2D eigenvalue weighted by atomic mass is 15.2. The normalized spacial score (nSPS) is 22.2. The van der Waals surface area contributed by atoms with Crippen LogP contribution in [0.1, 0.15) is 38.2 Å². The van der Waals surface area contributed by atoms with Gasteiger partial charge in [-0.3, -0.25) is 0 Å². The van der Waals surface area contributed by atoms with Crippen LogP contribution >= 0.6 is 0 Å². The molecule has 1 heterocycles. The molecular weight excluding hydrogens is 220 g/mol. The lowest BCUT2D eigenvalue weighted by Gasteiger charge is -2.21. The lowest BCUT2D eigenvalue weighted by Crippen LogP contribution is -2.34. The van der Waals surface area contributed by atoms with Crippen molar-refractivity contribution in [3.8, 4) is 0 Å². The molecule has 2 nitrogen and oxygen atoms in total. The van der Waals surface area contributed by atoms with Crippen LogP contribution in [0.5, 0.6) is 0 Å². The Morgan fingerprint density at radius 2 is 2.11 bits per heavy atom. The molecular formula is C16H26N2. The molecule has 100 valence electrons. The molecule has 2 unspecified atom stereocenters. The zero-order valence-corrected chi connectivity index (χ0v) is 11.7. The van der Waals surface area contributed by atoms with Gasteiger partial charge in [-0.1, -0.05) is 44.2 Å². The van der Waals surface area contributed by atoms with Gasteiger partial charge in [0, 0.05) is 19.1 Å². The van der Waals surface area contributed by atoms with E-state index in [2.05, 4.69) is 54.4 Å². The summed E-state index contributed by atoms with van der Waals surface area (Å²) < 4.78 is 0. The Morgan fingerprint density at radius 3 is 2.83 bits per heavy atom. The van der Waals surface area contributed by atoms with Gasteiger partial charge < -0.3 is 10.2 Å². The van der Waals surface area contributed by atoms with E-state index in [1.807, 2.05) is 0 Å². The van der Waals surface area contributed by atoms with Crippen LogP contribution in [0.4, 0.5) is 0 Å². The molecule has 1 aliphatic heterocycles. The first-order chi connectivity index (χ1) is 8.79. The van der Waals surface area contributed by atoms with E-state index in [1.54, 1.807) is 0 Å². The van der Waals surface area contributed by atoms with E-state index in [4.69, 9.17) is 0 Å². The molecule has 1 aromatic rings. The smallest absolute Gasteiger partial charge is 0.0207 e. The van der Waals surface area contributed by atoms with Crippen LogP contribution in [0, 0.1) is 0 Å². The number of benzene rings is 1. The molecule has 0 aromatic heterocycles. The van der Waals surface area contributed by atoms with E-state index < -0.39 is 0 Å². The lowest BCUT2D eigenvalue weighted by atomic mass is 10.0. The van der Waals surface area contributed by atoms with E-state index in [1.165, 1.54) is 38.0 Å². The SMILES string of the molecule is CCCNC1CCN(CC(C)c2ccccc2)C1. The third-order valence-corrected chi connectivity index (χ3v) is 3.86. The second-order valence-electron chi connectivity index (χ2n) is 5.51. The minimum atomic E-state index is 0.635. The number of rotatable bonds is 6. The number of nitrogens with zero attached hydrogens (tertiary/aromatic N) is 1. The van der Waals surface area contributed by atoms with Crippen molar-refractivity contribution >= 4 is 0 Å². The topological polar surface area (TPSA) is 15.3 Å². The molecule has 2 rings (SSSR count). The van der Waals surface area contributed by atoms with Gasteiger partial charge in [-0.2, -0.15) is 0 Å². The van der Waals surface area contributed by atoms with Crippen LogP contribution in [0.3, 0.4) is 0 Å². The van der Waals surface area contributed by atoms with Gasteiger partial charge in [-0.05, 0) is 37.4 Å². The summed E-state index contributed by atoms with van der Waals surface area (Å²) in [5, 5.41) is 3.63. The Morgan fingerprint density at radius 1 is 1.33 bits per heavy atom. The summed E-state index contributed by atoms with van der Waals surface area (Å²) in [6.45, 7) is 9.39. The molecule has 1 fully saturated rings. The summed E-state index contributed by atoms with van der Waals surface area (Å²) in [6.07, 6.45) is 2.54. The predicted molar refractivity (Wildman–Crippen MR) is 78.0 cm³/mol. The molecule has 0 amide bonds. The molecule has 0 saturated carbocycles. The van der Waals surface area contributed by atoms with Gasteiger partial charge in [0.15, 0.2) is 0 Å². The number of likely N-dealkylation sites (tertiary alicyclic amines) is 1. The van der Waals surface area contributed by atoms with Crippen molar-refractivity contribution < 1.29 is 0 Å². The highest BCUT2D eigenvalue weighted by Gasteiger charge is 2.23. The lowest BCUT2D eigenvalue weighted by molar-refractivity contribution is 0.311. The van der Waals surface area contributed by atoms with E-state index in [0.717, 1.165) is 6.54 Å². The Hall–Kier alpha value is -0.860. The van der Waals surface area contributed by atoms with E-state index in [9.17, 15) is 0 Å². The van der Waals surface area contributed by atoms with Gasteiger partial charge in [0.2, 0.25) is 0 Å². The number of hydrogen-bond donors (Lipinski definition) is 1. The Labute approximate surface area is 111 Å². The Balaban J connectivity index is 1.77. The van der Waals surface area contributed by atoms with E-state index in [-0.39, 0.29) is 0 Å². The fourth-order valence-corrected chi connectivity index (χ4v) is 2.79.